The van der Waals surface area contributed by atoms with Gasteiger partial charge in [0.25, 0.3) is 0 Å². The highest BCUT2D eigenvalue weighted by Gasteiger charge is 2.18. The number of hydrogen-bond acceptors (Lipinski definition) is 3. The van der Waals surface area contributed by atoms with Crippen LogP contribution in [0.4, 0.5) is 0 Å². The van der Waals surface area contributed by atoms with E-state index in [9.17, 15) is 4.79 Å². The summed E-state index contributed by atoms with van der Waals surface area (Å²) in [6, 6.07) is 0. The van der Waals surface area contributed by atoms with E-state index in [0.717, 1.165) is 18.7 Å². The molecule has 0 saturated heterocycles. The van der Waals surface area contributed by atoms with Crippen LogP contribution in [0, 0.1) is 5.92 Å². The summed E-state index contributed by atoms with van der Waals surface area (Å²) < 4.78 is 1.71. The fourth-order valence-electron chi connectivity index (χ4n) is 1.48. The van der Waals surface area contributed by atoms with Crippen molar-refractivity contribution in [3.8, 4) is 0 Å². The molecule has 1 rings (SSSR count). The van der Waals surface area contributed by atoms with Crippen molar-refractivity contribution in [3.05, 3.63) is 11.4 Å². The number of nitrogens with zero attached hydrogens (tertiary/aromatic N) is 3. The van der Waals surface area contributed by atoms with Gasteiger partial charge in [-0.3, -0.25) is 0 Å². The Labute approximate surface area is 89.1 Å². The first-order chi connectivity index (χ1) is 7.06. The summed E-state index contributed by atoms with van der Waals surface area (Å²) in [6.07, 6.45) is 1.60. The van der Waals surface area contributed by atoms with Crippen LogP contribution in [0.1, 0.15) is 43.4 Å². The van der Waals surface area contributed by atoms with Gasteiger partial charge in [0.1, 0.15) is 0 Å². The Kier molecular flexibility index (Phi) is 3.82. The van der Waals surface area contributed by atoms with Crippen LogP contribution in [-0.4, -0.2) is 26.1 Å². The summed E-state index contributed by atoms with van der Waals surface area (Å²) in [5.74, 6) is -0.558. The lowest BCUT2D eigenvalue weighted by Gasteiger charge is -2.08. The molecule has 84 valence electrons. The summed E-state index contributed by atoms with van der Waals surface area (Å²) in [7, 11) is 0. The summed E-state index contributed by atoms with van der Waals surface area (Å²) >= 11 is 0. The van der Waals surface area contributed by atoms with Crippen molar-refractivity contribution in [1.29, 1.82) is 0 Å². The molecule has 1 aromatic heterocycles. The van der Waals surface area contributed by atoms with Gasteiger partial charge in [-0.05, 0) is 12.3 Å². The molecule has 5 nitrogen and oxygen atoms in total. The molecule has 1 N–H and O–H groups in total. The predicted molar refractivity (Wildman–Crippen MR) is 55.8 cm³/mol. The molecular weight excluding hydrogens is 194 g/mol. The third kappa shape index (κ3) is 2.78. The summed E-state index contributed by atoms with van der Waals surface area (Å²) in [5, 5.41) is 16.5. The van der Waals surface area contributed by atoms with E-state index in [0.29, 0.717) is 12.3 Å². The number of aromatic nitrogens is 3. The third-order valence-electron chi connectivity index (χ3n) is 2.07. The van der Waals surface area contributed by atoms with Crippen LogP contribution in [0.25, 0.3) is 0 Å². The van der Waals surface area contributed by atoms with Gasteiger partial charge in [0, 0.05) is 6.54 Å². The van der Waals surface area contributed by atoms with Gasteiger partial charge < -0.3 is 5.11 Å². The number of carbonyl (C=O) groups is 1. The average Bonchev–Trinajstić information content (AvgIpc) is 2.48. The van der Waals surface area contributed by atoms with Crippen LogP contribution >= 0.6 is 0 Å². The van der Waals surface area contributed by atoms with Crippen LogP contribution in [0.2, 0.25) is 0 Å². The Bertz CT molecular complexity index is 344. The van der Waals surface area contributed by atoms with E-state index in [-0.39, 0.29) is 5.69 Å². The highest BCUT2D eigenvalue weighted by atomic mass is 16.4. The lowest BCUT2D eigenvalue weighted by Crippen LogP contribution is -2.11. The van der Waals surface area contributed by atoms with Crippen LogP contribution in [0.15, 0.2) is 0 Å². The Morgan fingerprint density at radius 1 is 1.53 bits per heavy atom. The molecule has 0 spiro atoms. The van der Waals surface area contributed by atoms with E-state index in [1.807, 2.05) is 6.92 Å². The monoisotopic (exact) mass is 211 g/mol. The summed E-state index contributed by atoms with van der Waals surface area (Å²) in [4.78, 5) is 10.9. The number of carboxylic acids is 1. The van der Waals surface area contributed by atoms with E-state index in [1.165, 1.54) is 0 Å². The molecule has 0 radical (unpaired) electrons. The minimum atomic E-state index is -0.992. The standard InChI is InChI=1S/C10H17N3O2/c1-4-5-8-9(10(14)15)11-12-13(8)6-7(2)3/h7H,4-6H2,1-3H3,(H,14,15). The second kappa shape index (κ2) is 4.91. The van der Waals surface area contributed by atoms with E-state index < -0.39 is 5.97 Å². The van der Waals surface area contributed by atoms with Gasteiger partial charge in [-0.15, -0.1) is 5.10 Å². The second-order valence-corrected chi connectivity index (χ2v) is 4.02. The van der Waals surface area contributed by atoms with Crippen LogP contribution in [0.5, 0.6) is 0 Å². The number of hydrogen-bond donors (Lipinski definition) is 1. The molecule has 0 fully saturated rings. The van der Waals surface area contributed by atoms with Gasteiger partial charge in [0.05, 0.1) is 5.69 Å². The molecule has 0 saturated carbocycles. The fourth-order valence-corrected chi connectivity index (χ4v) is 1.48. The first-order valence-electron chi connectivity index (χ1n) is 5.21. The normalized spacial score (nSPS) is 10.9. The minimum absolute atomic E-state index is 0.0949. The lowest BCUT2D eigenvalue weighted by molar-refractivity contribution is 0.0689. The van der Waals surface area contributed by atoms with Crippen LogP contribution in [0.3, 0.4) is 0 Å². The molecule has 1 aromatic rings. The van der Waals surface area contributed by atoms with Crippen molar-refractivity contribution >= 4 is 5.97 Å². The average molecular weight is 211 g/mol. The second-order valence-electron chi connectivity index (χ2n) is 4.02. The van der Waals surface area contributed by atoms with Gasteiger partial charge >= 0.3 is 5.97 Å². The molecule has 0 atom stereocenters. The van der Waals surface area contributed by atoms with Gasteiger partial charge in [0.2, 0.25) is 0 Å². The number of aromatic carboxylic acids is 1. The van der Waals surface area contributed by atoms with Crippen molar-refractivity contribution in [1.82, 2.24) is 15.0 Å². The maximum absolute atomic E-state index is 10.9. The summed E-state index contributed by atoms with van der Waals surface area (Å²) in [6.45, 7) is 6.86. The molecular formula is C10H17N3O2. The Morgan fingerprint density at radius 3 is 2.67 bits per heavy atom. The smallest absolute Gasteiger partial charge is 0.358 e. The zero-order valence-electron chi connectivity index (χ0n) is 9.40. The van der Waals surface area contributed by atoms with Crippen molar-refractivity contribution in [2.45, 2.75) is 40.2 Å². The fraction of sp³-hybridized carbons (Fsp3) is 0.700. The Hall–Kier alpha value is -1.39. The van der Waals surface area contributed by atoms with Crippen LogP contribution < -0.4 is 0 Å². The zero-order chi connectivity index (χ0) is 11.4. The maximum Gasteiger partial charge on any atom is 0.358 e. The van der Waals surface area contributed by atoms with Gasteiger partial charge in [-0.2, -0.15) is 0 Å². The van der Waals surface area contributed by atoms with Gasteiger partial charge in [0.15, 0.2) is 5.69 Å². The van der Waals surface area contributed by atoms with Crippen molar-refractivity contribution in [3.63, 3.8) is 0 Å². The minimum Gasteiger partial charge on any atom is -0.476 e. The van der Waals surface area contributed by atoms with Crippen molar-refractivity contribution in [2.75, 3.05) is 0 Å². The molecule has 0 aliphatic heterocycles. The number of carboxylic acid groups (broad SMARTS) is 1. The molecule has 0 aliphatic carbocycles. The topological polar surface area (TPSA) is 68.0 Å². The first kappa shape index (κ1) is 11.7. The lowest BCUT2D eigenvalue weighted by atomic mass is 10.2. The zero-order valence-corrected chi connectivity index (χ0v) is 9.40. The molecule has 1 heterocycles. The van der Waals surface area contributed by atoms with E-state index in [2.05, 4.69) is 24.2 Å². The first-order valence-corrected chi connectivity index (χ1v) is 5.21. The maximum atomic E-state index is 10.9. The summed E-state index contributed by atoms with van der Waals surface area (Å²) in [5.41, 5.74) is 0.830. The quantitative estimate of drug-likeness (QED) is 0.803. The molecule has 0 bridgehead atoms. The highest BCUT2D eigenvalue weighted by molar-refractivity contribution is 5.86. The SMILES string of the molecule is CCCc1c(C(=O)O)nnn1CC(C)C. The molecule has 0 amide bonds. The molecule has 15 heavy (non-hydrogen) atoms. The van der Waals surface area contributed by atoms with Crippen molar-refractivity contribution in [2.24, 2.45) is 5.92 Å². The molecule has 5 heteroatoms. The van der Waals surface area contributed by atoms with Gasteiger partial charge in [-0.1, -0.05) is 32.4 Å². The van der Waals surface area contributed by atoms with Crippen LogP contribution in [-0.2, 0) is 13.0 Å². The van der Waals surface area contributed by atoms with E-state index in [4.69, 9.17) is 5.11 Å². The molecule has 0 aliphatic rings. The Balaban J connectivity index is 3.00. The van der Waals surface area contributed by atoms with Crippen molar-refractivity contribution < 1.29 is 9.90 Å². The third-order valence-corrected chi connectivity index (χ3v) is 2.07. The van der Waals surface area contributed by atoms with Gasteiger partial charge in [-0.25, -0.2) is 9.48 Å². The largest absolute Gasteiger partial charge is 0.476 e. The predicted octanol–water partition coefficient (Wildman–Crippen LogP) is 1.58. The molecule has 0 aromatic carbocycles. The highest BCUT2D eigenvalue weighted by Crippen LogP contribution is 2.10. The molecule has 0 unspecified atom stereocenters. The van der Waals surface area contributed by atoms with E-state index in [1.54, 1.807) is 4.68 Å². The number of rotatable bonds is 5. The Morgan fingerprint density at radius 2 is 2.20 bits per heavy atom. The van der Waals surface area contributed by atoms with E-state index >= 15 is 0 Å².